The van der Waals surface area contributed by atoms with Crippen molar-refractivity contribution in [2.75, 3.05) is 19.6 Å². The maximum Gasteiger partial charge on any atom is 0.317 e. The van der Waals surface area contributed by atoms with Crippen LogP contribution in [0.4, 0.5) is 4.79 Å². The maximum absolute atomic E-state index is 12.4. The average Bonchev–Trinajstić information content (AvgIpc) is 3.30. The fourth-order valence-electron chi connectivity index (χ4n) is 3.81. The molecule has 2 fully saturated rings. The first-order valence-corrected chi connectivity index (χ1v) is 9.41. The molecule has 1 aromatic heterocycles. The average molecular weight is 368 g/mol. The predicted octanol–water partition coefficient (Wildman–Crippen LogP) is 1.53. The van der Waals surface area contributed by atoms with Crippen molar-refractivity contribution >= 4 is 11.9 Å². The minimum absolute atomic E-state index is 0.00331. The summed E-state index contributed by atoms with van der Waals surface area (Å²) < 4.78 is 1.68. The van der Waals surface area contributed by atoms with Gasteiger partial charge in [0.1, 0.15) is 0 Å². The van der Waals surface area contributed by atoms with Crippen LogP contribution < -0.4 is 11.1 Å². The summed E-state index contributed by atoms with van der Waals surface area (Å²) in [6, 6.07) is 10.6. The Labute approximate surface area is 157 Å². The van der Waals surface area contributed by atoms with Gasteiger partial charge in [-0.2, -0.15) is 0 Å². The van der Waals surface area contributed by atoms with Crippen molar-refractivity contribution in [2.24, 2.45) is 11.7 Å². The van der Waals surface area contributed by atoms with E-state index in [1.54, 1.807) is 10.9 Å². The Bertz CT molecular complexity index is 813. The molecule has 3 N–H and O–H groups in total. The number of piperidine rings is 1. The molecule has 1 saturated heterocycles. The van der Waals surface area contributed by atoms with Crippen LogP contribution in [-0.2, 0) is 0 Å². The van der Waals surface area contributed by atoms with Gasteiger partial charge in [-0.05, 0) is 36.7 Å². The molecule has 2 aromatic rings. The summed E-state index contributed by atoms with van der Waals surface area (Å²) in [5.74, 6) is 0.534. The monoisotopic (exact) mass is 368 g/mol. The summed E-state index contributed by atoms with van der Waals surface area (Å²) in [5, 5.41) is 10.8. The number of nitrogens with one attached hydrogen (secondary N) is 1. The number of likely N-dealkylation sites (tertiary alicyclic amines) is 1. The molecule has 0 radical (unpaired) electrons. The molecule has 1 aliphatic carbocycles. The Kier molecular flexibility index (Phi) is 4.79. The molecule has 1 aliphatic heterocycles. The lowest BCUT2D eigenvalue weighted by atomic mass is 10.1. The van der Waals surface area contributed by atoms with Gasteiger partial charge in [-0.3, -0.25) is 4.79 Å². The summed E-state index contributed by atoms with van der Waals surface area (Å²) in [6.07, 6.45) is 4.29. The quantitative estimate of drug-likeness (QED) is 0.834. The first-order chi connectivity index (χ1) is 13.1. The first-order valence-electron chi connectivity index (χ1n) is 9.41. The second-order valence-corrected chi connectivity index (χ2v) is 7.37. The highest BCUT2D eigenvalue weighted by Crippen LogP contribution is 2.46. The third-order valence-corrected chi connectivity index (χ3v) is 5.55. The molecule has 1 saturated carbocycles. The summed E-state index contributed by atoms with van der Waals surface area (Å²) in [7, 11) is 0. The topological polar surface area (TPSA) is 106 Å². The number of hydrogen-bond acceptors (Lipinski definition) is 4. The van der Waals surface area contributed by atoms with Crippen LogP contribution in [0.3, 0.4) is 0 Å². The molecule has 0 bridgehead atoms. The minimum Gasteiger partial charge on any atom is -0.364 e. The van der Waals surface area contributed by atoms with Gasteiger partial charge >= 0.3 is 6.03 Å². The number of amides is 3. The Morgan fingerprint density at radius 2 is 1.93 bits per heavy atom. The minimum atomic E-state index is -0.577. The lowest BCUT2D eigenvalue weighted by molar-refractivity contribution is 0.0995. The summed E-state index contributed by atoms with van der Waals surface area (Å²) >= 11 is 0. The van der Waals surface area contributed by atoms with Crippen LogP contribution in [0.25, 0.3) is 0 Å². The largest absolute Gasteiger partial charge is 0.364 e. The summed E-state index contributed by atoms with van der Waals surface area (Å²) in [6.45, 7) is 2.05. The van der Waals surface area contributed by atoms with E-state index >= 15 is 0 Å². The molecule has 0 spiro atoms. The maximum atomic E-state index is 12.4. The Morgan fingerprint density at radius 3 is 2.59 bits per heavy atom. The highest BCUT2D eigenvalue weighted by molar-refractivity contribution is 5.90. The number of nitrogens with zero attached hydrogens (tertiary/aromatic N) is 4. The Hall–Kier alpha value is -2.90. The van der Waals surface area contributed by atoms with E-state index in [0.29, 0.717) is 24.9 Å². The molecule has 1 aromatic carbocycles. The molecule has 8 heteroatoms. The number of aromatic nitrogens is 3. The van der Waals surface area contributed by atoms with E-state index in [2.05, 4.69) is 39.9 Å². The van der Waals surface area contributed by atoms with E-state index in [-0.39, 0.29) is 17.8 Å². The zero-order valence-corrected chi connectivity index (χ0v) is 15.1. The van der Waals surface area contributed by atoms with Gasteiger partial charge in [-0.25, -0.2) is 9.48 Å². The Balaban J connectivity index is 1.21. The van der Waals surface area contributed by atoms with Gasteiger partial charge < -0.3 is 16.0 Å². The van der Waals surface area contributed by atoms with E-state index in [1.807, 2.05) is 11.0 Å². The van der Waals surface area contributed by atoms with Crippen molar-refractivity contribution < 1.29 is 9.59 Å². The van der Waals surface area contributed by atoms with Crippen LogP contribution in [0.1, 0.15) is 47.3 Å². The molecule has 4 rings (SSSR count). The molecule has 3 amide bonds. The van der Waals surface area contributed by atoms with Gasteiger partial charge in [-0.15, -0.1) is 5.10 Å². The van der Waals surface area contributed by atoms with Gasteiger partial charge in [0.05, 0.1) is 12.2 Å². The van der Waals surface area contributed by atoms with Crippen LogP contribution in [-0.4, -0.2) is 51.5 Å². The second-order valence-electron chi connectivity index (χ2n) is 7.37. The van der Waals surface area contributed by atoms with Crippen LogP contribution in [0.15, 0.2) is 36.5 Å². The number of hydrogen-bond donors (Lipinski definition) is 2. The normalized spacial score (nSPS) is 22.4. The molecule has 2 aliphatic rings. The summed E-state index contributed by atoms with van der Waals surface area (Å²) in [4.78, 5) is 25.4. The fraction of sp³-hybridized carbons (Fsp3) is 0.474. The van der Waals surface area contributed by atoms with E-state index < -0.39 is 5.91 Å². The third-order valence-electron chi connectivity index (χ3n) is 5.55. The number of nitrogens with two attached hydrogens (primary N) is 1. The lowest BCUT2D eigenvalue weighted by Crippen LogP contribution is -2.45. The number of urea groups is 1. The van der Waals surface area contributed by atoms with Crippen molar-refractivity contribution in [1.29, 1.82) is 0 Å². The molecule has 2 heterocycles. The summed E-state index contributed by atoms with van der Waals surface area (Å²) in [5.41, 5.74) is 6.75. The number of rotatable bonds is 5. The van der Waals surface area contributed by atoms with Crippen molar-refractivity contribution in [3.05, 3.63) is 47.8 Å². The SMILES string of the molecule is NC(=O)c1cn(C2CCN(C(=O)NC[C@H]3C[C@@H]3c3ccccc3)CC2)nn1. The lowest BCUT2D eigenvalue weighted by Gasteiger charge is -2.31. The number of carbonyl (C=O) groups excluding carboxylic acids is 2. The number of primary amides is 1. The second kappa shape index (κ2) is 7.38. The van der Waals surface area contributed by atoms with Crippen molar-refractivity contribution in [3.63, 3.8) is 0 Å². The molecule has 8 nitrogen and oxygen atoms in total. The van der Waals surface area contributed by atoms with Gasteiger partial charge in [0.2, 0.25) is 0 Å². The van der Waals surface area contributed by atoms with Crippen LogP contribution >= 0.6 is 0 Å². The highest BCUT2D eigenvalue weighted by atomic mass is 16.2. The van der Waals surface area contributed by atoms with E-state index in [0.717, 1.165) is 25.8 Å². The van der Waals surface area contributed by atoms with Gasteiger partial charge in [-0.1, -0.05) is 35.5 Å². The molecule has 27 heavy (non-hydrogen) atoms. The fourth-order valence-corrected chi connectivity index (χ4v) is 3.81. The van der Waals surface area contributed by atoms with E-state index in [9.17, 15) is 9.59 Å². The van der Waals surface area contributed by atoms with E-state index in [4.69, 9.17) is 5.73 Å². The zero-order chi connectivity index (χ0) is 18.8. The van der Waals surface area contributed by atoms with Crippen LogP contribution in [0.5, 0.6) is 0 Å². The van der Waals surface area contributed by atoms with Gasteiger partial charge in [0.15, 0.2) is 5.69 Å². The van der Waals surface area contributed by atoms with Crippen LogP contribution in [0.2, 0.25) is 0 Å². The molecule has 142 valence electrons. The van der Waals surface area contributed by atoms with Crippen LogP contribution in [0, 0.1) is 5.92 Å². The molecule has 0 unspecified atom stereocenters. The highest BCUT2D eigenvalue weighted by Gasteiger charge is 2.38. The molecule has 2 atom stereocenters. The predicted molar refractivity (Wildman–Crippen MR) is 99.1 cm³/mol. The zero-order valence-electron chi connectivity index (χ0n) is 15.1. The number of carbonyl (C=O) groups is 2. The molecular weight excluding hydrogens is 344 g/mol. The molecular formula is C19H24N6O2. The number of benzene rings is 1. The van der Waals surface area contributed by atoms with Crippen molar-refractivity contribution in [3.8, 4) is 0 Å². The Morgan fingerprint density at radius 1 is 1.19 bits per heavy atom. The van der Waals surface area contributed by atoms with E-state index in [1.165, 1.54) is 5.56 Å². The third kappa shape index (κ3) is 3.94. The van der Waals surface area contributed by atoms with Crippen molar-refractivity contribution in [2.45, 2.75) is 31.2 Å². The standard InChI is InChI=1S/C19H24N6O2/c20-18(26)17-12-25(23-22-17)15-6-8-24(9-7-15)19(27)21-11-14-10-16(14)13-4-2-1-3-5-13/h1-5,12,14-16H,6-11H2,(H2,20,26)(H,21,27)/t14-,16-/m1/s1. The van der Waals surface area contributed by atoms with Gasteiger partial charge in [0, 0.05) is 19.6 Å². The first kappa shape index (κ1) is 17.5. The van der Waals surface area contributed by atoms with Crippen molar-refractivity contribution in [1.82, 2.24) is 25.2 Å². The smallest absolute Gasteiger partial charge is 0.317 e. The van der Waals surface area contributed by atoms with Gasteiger partial charge in [0.25, 0.3) is 5.91 Å².